The van der Waals surface area contributed by atoms with E-state index < -0.39 is 0 Å². The molecule has 2 aromatic rings. The van der Waals surface area contributed by atoms with E-state index in [4.69, 9.17) is 5.73 Å². The third-order valence-corrected chi connectivity index (χ3v) is 5.39. The number of hydrogen-bond donors (Lipinski definition) is 1. The molecule has 0 amide bonds. The Balaban J connectivity index is 1.86. The molecule has 1 aliphatic rings. The SMILES string of the molecule is CC1CCCC(CN)N1Cc1csc2ccccc12. The molecule has 1 aromatic carbocycles. The summed E-state index contributed by atoms with van der Waals surface area (Å²) in [5.74, 6) is 0. The Morgan fingerprint density at radius 2 is 2.16 bits per heavy atom. The largest absolute Gasteiger partial charge is 0.329 e. The van der Waals surface area contributed by atoms with Crippen LogP contribution < -0.4 is 5.73 Å². The van der Waals surface area contributed by atoms with Gasteiger partial charge in [-0.3, -0.25) is 4.90 Å². The van der Waals surface area contributed by atoms with E-state index in [2.05, 4.69) is 41.5 Å². The van der Waals surface area contributed by atoms with Crippen LogP contribution in [0, 0.1) is 0 Å². The van der Waals surface area contributed by atoms with E-state index in [-0.39, 0.29) is 0 Å². The molecule has 2 N–H and O–H groups in total. The molecular formula is C16H22N2S. The van der Waals surface area contributed by atoms with Crippen molar-refractivity contribution in [1.29, 1.82) is 0 Å². The lowest BCUT2D eigenvalue weighted by atomic mass is 9.95. The predicted molar refractivity (Wildman–Crippen MR) is 83.5 cm³/mol. The summed E-state index contributed by atoms with van der Waals surface area (Å²) >= 11 is 1.85. The highest BCUT2D eigenvalue weighted by Crippen LogP contribution is 2.30. The van der Waals surface area contributed by atoms with Crippen LogP contribution in [0.5, 0.6) is 0 Å². The molecule has 1 saturated heterocycles. The summed E-state index contributed by atoms with van der Waals surface area (Å²) in [6.07, 6.45) is 3.88. The molecule has 1 aliphatic heterocycles. The van der Waals surface area contributed by atoms with Gasteiger partial charge in [-0.2, -0.15) is 0 Å². The number of thiophene rings is 1. The second-order valence-electron chi connectivity index (χ2n) is 5.60. The molecule has 1 fully saturated rings. The lowest BCUT2D eigenvalue weighted by molar-refractivity contribution is 0.0898. The van der Waals surface area contributed by atoms with Gasteiger partial charge in [0.25, 0.3) is 0 Å². The van der Waals surface area contributed by atoms with Gasteiger partial charge in [0.15, 0.2) is 0 Å². The van der Waals surface area contributed by atoms with Crippen LogP contribution in [0.2, 0.25) is 0 Å². The topological polar surface area (TPSA) is 29.3 Å². The molecule has 1 aromatic heterocycles. The van der Waals surface area contributed by atoms with Crippen molar-refractivity contribution in [3.63, 3.8) is 0 Å². The summed E-state index contributed by atoms with van der Waals surface area (Å²) in [5.41, 5.74) is 7.42. The minimum Gasteiger partial charge on any atom is -0.329 e. The highest BCUT2D eigenvalue weighted by molar-refractivity contribution is 7.17. The van der Waals surface area contributed by atoms with Gasteiger partial charge in [-0.05, 0) is 42.2 Å². The predicted octanol–water partition coefficient (Wildman–Crippen LogP) is 3.60. The average molecular weight is 274 g/mol. The number of nitrogens with zero attached hydrogens (tertiary/aromatic N) is 1. The Morgan fingerprint density at radius 1 is 1.32 bits per heavy atom. The quantitative estimate of drug-likeness (QED) is 0.926. The van der Waals surface area contributed by atoms with Crippen molar-refractivity contribution in [2.45, 2.75) is 44.8 Å². The van der Waals surface area contributed by atoms with Gasteiger partial charge in [-0.15, -0.1) is 11.3 Å². The number of hydrogen-bond acceptors (Lipinski definition) is 3. The average Bonchev–Trinajstić information content (AvgIpc) is 2.84. The first-order valence-electron chi connectivity index (χ1n) is 7.20. The fourth-order valence-electron chi connectivity index (χ4n) is 3.23. The van der Waals surface area contributed by atoms with Crippen molar-refractivity contribution in [1.82, 2.24) is 4.90 Å². The van der Waals surface area contributed by atoms with Crippen LogP contribution in [0.3, 0.4) is 0 Å². The first kappa shape index (κ1) is 13.1. The van der Waals surface area contributed by atoms with E-state index in [0.29, 0.717) is 12.1 Å². The minimum absolute atomic E-state index is 0.558. The van der Waals surface area contributed by atoms with Crippen molar-refractivity contribution in [3.05, 3.63) is 35.2 Å². The second-order valence-corrected chi connectivity index (χ2v) is 6.51. The normalized spacial score (nSPS) is 24.9. The summed E-state index contributed by atoms with van der Waals surface area (Å²) < 4.78 is 1.39. The Bertz CT molecular complexity index is 548. The lowest BCUT2D eigenvalue weighted by Crippen LogP contribution is -2.48. The summed E-state index contributed by atoms with van der Waals surface area (Å²) in [7, 11) is 0. The van der Waals surface area contributed by atoms with Crippen LogP contribution in [-0.2, 0) is 6.54 Å². The van der Waals surface area contributed by atoms with Crippen LogP contribution in [0.25, 0.3) is 10.1 Å². The van der Waals surface area contributed by atoms with Crippen molar-refractivity contribution in [2.75, 3.05) is 6.54 Å². The highest BCUT2D eigenvalue weighted by atomic mass is 32.1. The zero-order chi connectivity index (χ0) is 13.2. The van der Waals surface area contributed by atoms with Gasteiger partial charge in [0.1, 0.15) is 0 Å². The van der Waals surface area contributed by atoms with Gasteiger partial charge in [0.2, 0.25) is 0 Å². The number of likely N-dealkylation sites (tertiary alicyclic amines) is 1. The molecule has 2 heterocycles. The molecule has 19 heavy (non-hydrogen) atoms. The molecule has 2 nitrogen and oxygen atoms in total. The molecule has 0 spiro atoms. The number of rotatable bonds is 3. The van der Waals surface area contributed by atoms with Crippen molar-refractivity contribution in [2.24, 2.45) is 5.73 Å². The van der Waals surface area contributed by atoms with E-state index in [1.807, 2.05) is 11.3 Å². The summed E-state index contributed by atoms with van der Waals surface area (Å²) in [6, 6.07) is 9.92. The molecule has 102 valence electrons. The second kappa shape index (κ2) is 5.61. The van der Waals surface area contributed by atoms with Crippen molar-refractivity contribution < 1.29 is 0 Å². The van der Waals surface area contributed by atoms with Gasteiger partial charge in [-0.25, -0.2) is 0 Å². The minimum atomic E-state index is 0.558. The van der Waals surface area contributed by atoms with Gasteiger partial charge < -0.3 is 5.73 Å². The van der Waals surface area contributed by atoms with Crippen LogP contribution in [0.4, 0.5) is 0 Å². The maximum atomic E-state index is 5.96. The number of piperidine rings is 1. The van der Waals surface area contributed by atoms with E-state index in [9.17, 15) is 0 Å². The van der Waals surface area contributed by atoms with Gasteiger partial charge in [-0.1, -0.05) is 24.6 Å². The summed E-state index contributed by atoms with van der Waals surface area (Å²) in [6.45, 7) is 4.18. The molecule has 0 radical (unpaired) electrons. The summed E-state index contributed by atoms with van der Waals surface area (Å²) in [4.78, 5) is 2.61. The molecule has 3 heteroatoms. The molecule has 3 rings (SSSR count). The first-order valence-corrected chi connectivity index (χ1v) is 8.08. The fourth-order valence-corrected chi connectivity index (χ4v) is 4.18. The Hall–Kier alpha value is -0.900. The fraction of sp³-hybridized carbons (Fsp3) is 0.500. The first-order chi connectivity index (χ1) is 9.29. The van der Waals surface area contributed by atoms with Crippen molar-refractivity contribution >= 4 is 21.4 Å². The highest BCUT2D eigenvalue weighted by Gasteiger charge is 2.27. The summed E-state index contributed by atoms with van der Waals surface area (Å²) in [5, 5.41) is 3.74. The van der Waals surface area contributed by atoms with E-state index in [1.54, 1.807) is 0 Å². The van der Waals surface area contributed by atoms with Crippen LogP contribution in [-0.4, -0.2) is 23.5 Å². The molecular weight excluding hydrogens is 252 g/mol. The smallest absolute Gasteiger partial charge is 0.0346 e. The van der Waals surface area contributed by atoms with Crippen LogP contribution >= 0.6 is 11.3 Å². The lowest BCUT2D eigenvalue weighted by Gasteiger charge is -2.40. The molecule has 0 saturated carbocycles. The molecule has 0 aliphatic carbocycles. The zero-order valence-corrected chi connectivity index (χ0v) is 12.3. The Kier molecular flexibility index (Phi) is 3.87. The maximum absolute atomic E-state index is 5.96. The number of benzene rings is 1. The van der Waals surface area contributed by atoms with Gasteiger partial charge in [0, 0.05) is 29.9 Å². The maximum Gasteiger partial charge on any atom is 0.0346 e. The van der Waals surface area contributed by atoms with Crippen LogP contribution in [0.15, 0.2) is 29.6 Å². The third kappa shape index (κ3) is 2.55. The molecule has 2 unspecified atom stereocenters. The van der Waals surface area contributed by atoms with Gasteiger partial charge in [0.05, 0.1) is 0 Å². The molecule has 2 atom stereocenters. The number of fused-ring (bicyclic) bond motifs is 1. The van der Waals surface area contributed by atoms with Crippen LogP contribution in [0.1, 0.15) is 31.7 Å². The van der Waals surface area contributed by atoms with Crippen molar-refractivity contribution in [3.8, 4) is 0 Å². The van der Waals surface area contributed by atoms with E-state index in [1.165, 1.54) is 34.9 Å². The van der Waals surface area contributed by atoms with E-state index >= 15 is 0 Å². The van der Waals surface area contributed by atoms with E-state index in [0.717, 1.165) is 13.1 Å². The Labute approximate surface area is 119 Å². The zero-order valence-electron chi connectivity index (χ0n) is 11.5. The Morgan fingerprint density at radius 3 is 3.00 bits per heavy atom. The standard InChI is InChI=1S/C16H22N2S/c1-12-5-4-6-14(9-17)18(12)10-13-11-19-16-8-3-2-7-15(13)16/h2-3,7-8,11-12,14H,4-6,9-10,17H2,1H3. The van der Waals surface area contributed by atoms with Gasteiger partial charge >= 0.3 is 0 Å². The third-order valence-electron chi connectivity index (χ3n) is 4.38. The molecule has 0 bridgehead atoms. The number of nitrogens with two attached hydrogens (primary N) is 1. The monoisotopic (exact) mass is 274 g/mol.